The van der Waals surface area contributed by atoms with Crippen LogP contribution in [0.3, 0.4) is 0 Å². The fraction of sp³-hybridized carbons (Fsp3) is 0.632. The number of hydrogen-bond acceptors (Lipinski definition) is 3. The molecule has 2 aliphatic heterocycles. The Hall–Kier alpha value is -1.10. The summed E-state index contributed by atoms with van der Waals surface area (Å²) in [6.07, 6.45) is 4.83. The minimum Gasteiger partial charge on any atom is -0.381 e. The molecule has 1 atom stereocenters. The van der Waals surface area contributed by atoms with Gasteiger partial charge >= 0.3 is 0 Å². The van der Waals surface area contributed by atoms with E-state index in [1.165, 1.54) is 5.56 Å². The van der Waals surface area contributed by atoms with Gasteiger partial charge in [0, 0.05) is 50.3 Å². The van der Waals surface area contributed by atoms with Crippen molar-refractivity contribution in [3.8, 4) is 0 Å². The lowest BCUT2D eigenvalue weighted by atomic mass is 9.97. The van der Waals surface area contributed by atoms with Crippen molar-refractivity contribution >= 4 is 17.5 Å². The number of carbonyl (C=O) groups is 1. The smallest absolute Gasteiger partial charge is 0.220 e. The molecule has 1 aromatic rings. The molecule has 2 aliphatic rings. The van der Waals surface area contributed by atoms with Crippen molar-refractivity contribution in [1.29, 1.82) is 0 Å². The van der Waals surface area contributed by atoms with E-state index in [0.29, 0.717) is 18.4 Å². The maximum atomic E-state index is 12.2. The lowest BCUT2D eigenvalue weighted by molar-refractivity contribution is -0.124. The second-order valence-electron chi connectivity index (χ2n) is 7.00. The second kappa shape index (κ2) is 8.84. The molecule has 0 saturated carbocycles. The molecule has 2 fully saturated rings. The fourth-order valence-electron chi connectivity index (χ4n) is 3.62. The van der Waals surface area contributed by atoms with Crippen LogP contribution in [0.5, 0.6) is 0 Å². The number of hydrogen-bond donors (Lipinski definition) is 1. The highest BCUT2D eigenvalue weighted by Crippen LogP contribution is 2.21. The van der Waals surface area contributed by atoms with Crippen LogP contribution in [-0.4, -0.2) is 43.2 Å². The molecular formula is C19H27ClN2O2. The number of nitrogens with one attached hydrogen (secondary N) is 1. The van der Waals surface area contributed by atoms with Gasteiger partial charge < -0.3 is 10.1 Å². The van der Waals surface area contributed by atoms with E-state index in [1.807, 2.05) is 18.2 Å². The summed E-state index contributed by atoms with van der Waals surface area (Å²) in [5.74, 6) is 0.592. The van der Waals surface area contributed by atoms with Crippen LogP contribution in [0.1, 0.15) is 37.7 Å². The maximum absolute atomic E-state index is 12.2. The fourth-order valence-corrected chi connectivity index (χ4v) is 3.82. The number of rotatable bonds is 5. The lowest BCUT2D eigenvalue weighted by Crippen LogP contribution is -2.45. The normalized spacial score (nSPS) is 23.1. The Balaban J connectivity index is 1.38. The molecule has 2 heterocycles. The Morgan fingerprint density at radius 1 is 1.25 bits per heavy atom. The van der Waals surface area contributed by atoms with Gasteiger partial charge in [-0.15, -0.1) is 0 Å². The summed E-state index contributed by atoms with van der Waals surface area (Å²) in [5.41, 5.74) is 1.18. The molecule has 0 aromatic heterocycles. The molecule has 1 N–H and O–H groups in total. The molecular weight excluding hydrogens is 324 g/mol. The number of ether oxygens (including phenoxy) is 1. The van der Waals surface area contributed by atoms with Crippen LogP contribution in [-0.2, 0) is 16.1 Å². The molecule has 0 radical (unpaired) electrons. The standard InChI is InChI=1S/C19H27ClN2O2/c20-18-6-2-1-5-16(18)13-22-9-7-17(8-10-22)21-19(23)12-15-4-3-11-24-14-15/h1-2,5-6,15,17H,3-4,7-14H2,(H,21,23)/t15-/m0/s1. The highest BCUT2D eigenvalue weighted by molar-refractivity contribution is 6.31. The molecule has 3 rings (SSSR count). The molecule has 1 amide bonds. The monoisotopic (exact) mass is 350 g/mol. The van der Waals surface area contributed by atoms with Gasteiger partial charge in [0.15, 0.2) is 0 Å². The lowest BCUT2D eigenvalue weighted by Gasteiger charge is -2.33. The number of halogens is 1. The first kappa shape index (κ1) is 17.7. The van der Waals surface area contributed by atoms with E-state index in [0.717, 1.165) is 63.6 Å². The summed E-state index contributed by atoms with van der Waals surface area (Å²) in [6.45, 7) is 4.48. The zero-order valence-corrected chi connectivity index (χ0v) is 14.9. The maximum Gasteiger partial charge on any atom is 0.220 e. The quantitative estimate of drug-likeness (QED) is 0.886. The summed E-state index contributed by atoms with van der Waals surface area (Å²) in [7, 11) is 0. The molecule has 1 aromatic carbocycles. The zero-order valence-electron chi connectivity index (χ0n) is 14.2. The first-order valence-electron chi connectivity index (χ1n) is 9.03. The highest BCUT2D eigenvalue weighted by atomic mass is 35.5. The van der Waals surface area contributed by atoms with Gasteiger partial charge in [-0.05, 0) is 43.2 Å². The van der Waals surface area contributed by atoms with Crippen LogP contribution >= 0.6 is 11.6 Å². The SMILES string of the molecule is O=C(C[C@@H]1CCCOC1)NC1CCN(Cc2ccccc2Cl)CC1. The van der Waals surface area contributed by atoms with E-state index in [-0.39, 0.29) is 5.91 Å². The van der Waals surface area contributed by atoms with Crippen molar-refractivity contribution in [2.45, 2.75) is 44.7 Å². The Bertz CT molecular complexity index is 538. The molecule has 132 valence electrons. The van der Waals surface area contributed by atoms with Crippen molar-refractivity contribution in [3.05, 3.63) is 34.9 Å². The number of amides is 1. The number of carbonyl (C=O) groups excluding carboxylic acids is 1. The summed E-state index contributed by atoms with van der Waals surface area (Å²) >= 11 is 6.24. The minimum atomic E-state index is 0.190. The van der Waals surface area contributed by atoms with E-state index in [4.69, 9.17) is 16.3 Å². The topological polar surface area (TPSA) is 41.6 Å². The molecule has 5 heteroatoms. The van der Waals surface area contributed by atoms with Crippen molar-refractivity contribution in [2.75, 3.05) is 26.3 Å². The van der Waals surface area contributed by atoms with Gasteiger partial charge in [-0.2, -0.15) is 0 Å². The molecule has 2 saturated heterocycles. The number of nitrogens with zero attached hydrogens (tertiary/aromatic N) is 1. The average Bonchev–Trinajstić information content (AvgIpc) is 2.59. The molecule has 0 spiro atoms. The van der Waals surface area contributed by atoms with Crippen LogP contribution in [0.25, 0.3) is 0 Å². The first-order chi connectivity index (χ1) is 11.7. The summed E-state index contributed by atoms with van der Waals surface area (Å²) in [4.78, 5) is 14.6. The Morgan fingerprint density at radius 2 is 2.04 bits per heavy atom. The summed E-state index contributed by atoms with van der Waals surface area (Å²) < 4.78 is 5.46. The highest BCUT2D eigenvalue weighted by Gasteiger charge is 2.23. The number of piperidine rings is 1. The van der Waals surface area contributed by atoms with Gasteiger partial charge in [-0.25, -0.2) is 0 Å². The van der Waals surface area contributed by atoms with Gasteiger partial charge in [0.05, 0.1) is 0 Å². The number of likely N-dealkylation sites (tertiary alicyclic amines) is 1. The van der Waals surface area contributed by atoms with Crippen LogP contribution in [0, 0.1) is 5.92 Å². The van der Waals surface area contributed by atoms with E-state index < -0.39 is 0 Å². The Labute approximate surface area is 149 Å². The van der Waals surface area contributed by atoms with E-state index in [9.17, 15) is 4.79 Å². The van der Waals surface area contributed by atoms with Crippen LogP contribution < -0.4 is 5.32 Å². The van der Waals surface area contributed by atoms with Gasteiger partial charge in [0.25, 0.3) is 0 Å². The van der Waals surface area contributed by atoms with E-state index in [2.05, 4.69) is 16.3 Å². The average molecular weight is 351 g/mol. The molecule has 0 bridgehead atoms. The molecule has 0 unspecified atom stereocenters. The third kappa shape index (κ3) is 5.20. The largest absolute Gasteiger partial charge is 0.381 e. The third-order valence-electron chi connectivity index (χ3n) is 5.03. The molecule has 4 nitrogen and oxygen atoms in total. The van der Waals surface area contributed by atoms with Crippen LogP contribution in [0.15, 0.2) is 24.3 Å². The Kier molecular flexibility index (Phi) is 6.52. The van der Waals surface area contributed by atoms with Crippen molar-refractivity contribution in [1.82, 2.24) is 10.2 Å². The van der Waals surface area contributed by atoms with Crippen LogP contribution in [0.4, 0.5) is 0 Å². The van der Waals surface area contributed by atoms with Gasteiger partial charge in [0.2, 0.25) is 5.91 Å². The summed E-state index contributed by atoms with van der Waals surface area (Å²) in [5, 5.41) is 4.05. The van der Waals surface area contributed by atoms with Gasteiger partial charge in [0.1, 0.15) is 0 Å². The van der Waals surface area contributed by atoms with Gasteiger partial charge in [-0.3, -0.25) is 9.69 Å². The van der Waals surface area contributed by atoms with E-state index >= 15 is 0 Å². The predicted molar refractivity (Wildman–Crippen MR) is 96.1 cm³/mol. The minimum absolute atomic E-state index is 0.190. The third-order valence-corrected chi connectivity index (χ3v) is 5.40. The van der Waals surface area contributed by atoms with Crippen LogP contribution in [0.2, 0.25) is 5.02 Å². The van der Waals surface area contributed by atoms with E-state index in [1.54, 1.807) is 0 Å². The van der Waals surface area contributed by atoms with Crippen molar-refractivity contribution in [2.24, 2.45) is 5.92 Å². The first-order valence-corrected chi connectivity index (χ1v) is 9.41. The van der Waals surface area contributed by atoms with Gasteiger partial charge in [-0.1, -0.05) is 29.8 Å². The van der Waals surface area contributed by atoms with Crippen molar-refractivity contribution < 1.29 is 9.53 Å². The number of benzene rings is 1. The predicted octanol–water partition coefficient (Wildman–Crippen LogP) is 3.24. The molecule has 0 aliphatic carbocycles. The Morgan fingerprint density at radius 3 is 2.75 bits per heavy atom. The molecule has 24 heavy (non-hydrogen) atoms. The second-order valence-corrected chi connectivity index (χ2v) is 7.40. The van der Waals surface area contributed by atoms with Crippen molar-refractivity contribution in [3.63, 3.8) is 0 Å². The zero-order chi connectivity index (χ0) is 16.8. The summed E-state index contributed by atoms with van der Waals surface area (Å²) in [6, 6.07) is 8.33.